The molecule has 0 spiro atoms. The van der Waals surface area contributed by atoms with Gasteiger partial charge in [-0.25, -0.2) is 0 Å². The largest absolute Gasteiger partial charge is 0.550 e. The van der Waals surface area contributed by atoms with E-state index >= 15 is 0 Å². The van der Waals surface area contributed by atoms with Gasteiger partial charge in [-0.2, -0.15) is 0 Å². The Kier molecular flexibility index (Phi) is 16.6. The fourth-order valence-corrected chi connectivity index (χ4v) is 3.79. The highest BCUT2D eigenvalue weighted by molar-refractivity contribution is 5.69. The Morgan fingerprint density at radius 2 is 1.18 bits per heavy atom. The molecule has 0 aromatic heterocycles. The molecule has 33 heavy (non-hydrogen) atoms. The first-order valence-corrected chi connectivity index (χ1v) is 12.7. The lowest BCUT2D eigenvalue weighted by atomic mass is 10.0. The summed E-state index contributed by atoms with van der Waals surface area (Å²) in [6.45, 7) is 8.75. The molecule has 0 saturated heterocycles. The quantitative estimate of drug-likeness (QED) is 0.189. The van der Waals surface area contributed by atoms with E-state index < -0.39 is 35.7 Å². The Labute approximate surface area is 200 Å². The van der Waals surface area contributed by atoms with Gasteiger partial charge in [0.15, 0.2) is 0 Å². The molecule has 0 saturated carbocycles. The van der Waals surface area contributed by atoms with Crippen LogP contribution in [-0.4, -0.2) is 52.2 Å². The summed E-state index contributed by atoms with van der Waals surface area (Å²) in [5.41, 5.74) is 0. The maximum Gasteiger partial charge on any atom is 0.306 e. The minimum atomic E-state index is -1.10. The van der Waals surface area contributed by atoms with Gasteiger partial charge in [0.2, 0.25) is 0 Å². The van der Waals surface area contributed by atoms with Gasteiger partial charge in [0.25, 0.3) is 0 Å². The maximum absolute atomic E-state index is 11.4. The second-order valence-corrected chi connectivity index (χ2v) is 9.75. The normalized spacial score (nSPS) is 16.2. The number of rotatable bonds is 21. The summed E-state index contributed by atoms with van der Waals surface area (Å²) in [6.07, 6.45) is 14.9. The number of carboxylic acid groups (broad SMARTS) is 3. The zero-order chi connectivity index (χ0) is 25.3. The molecular weight excluding hydrogens is 422 g/mol. The Morgan fingerprint density at radius 3 is 1.61 bits per heavy atom. The number of hydrogen-bond acceptors (Lipinski definition) is 4. The minimum Gasteiger partial charge on any atom is -0.550 e. The highest BCUT2D eigenvalue weighted by atomic mass is 16.4. The van der Waals surface area contributed by atoms with Crippen LogP contribution in [0, 0.1) is 17.8 Å². The van der Waals surface area contributed by atoms with Crippen LogP contribution in [0.2, 0.25) is 0 Å². The summed E-state index contributed by atoms with van der Waals surface area (Å²) in [5.74, 6) is -4.47. The van der Waals surface area contributed by atoms with Crippen LogP contribution < -0.4 is 5.11 Å². The van der Waals surface area contributed by atoms with Gasteiger partial charge in [-0.1, -0.05) is 66.2 Å². The maximum atomic E-state index is 11.4. The van der Waals surface area contributed by atoms with Crippen LogP contribution in [0.5, 0.6) is 0 Å². The van der Waals surface area contributed by atoms with Gasteiger partial charge in [-0.15, -0.1) is 0 Å². The molecule has 0 aromatic rings. The molecule has 0 amide bonds. The number of nitrogens with zero attached hydrogens (tertiary/aromatic N) is 1. The van der Waals surface area contributed by atoms with E-state index in [2.05, 4.69) is 19.2 Å². The summed E-state index contributed by atoms with van der Waals surface area (Å²) >= 11 is 0. The van der Waals surface area contributed by atoms with Crippen LogP contribution in [0.15, 0.2) is 12.3 Å². The highest BCUT2D eigenvalue weighted by Gasteiger charge is 2.29. The fourth-order valence-electron chi connectivity index (χ4n) is 3.79. The average Bonchev–Trinajstić information content (AvgIpc) is 2.77. The SMILES string of the molecule is CCCCCCCCC/C=C/[N+](CCC(C)C(=O)[O-])(CCC(C)C(=O)O)CCC(C)C(=O)O. The molecule has 0 bridgehead atoms. The van der Waals surface area contributed by atoms with Gasteiger partial charge in [-0.3, -0.25) is 14.1 Å². The third-order valence-corrected chi connectivity index (χ3v) is 6.66. The zero-order valence-electron chi connectivity index (χ0n) is 21.3. The van der Waals surface area contributed by atoms with Crippen LogP contribution in [0.3, 0.4) is 0 Å². The number of quaternary nitrogens is 1. The van der Waals surface area contributed by atoms with Gasteiger partial charge < -0.3 is 20.1 Å². The van der Waals surface area contributed by atoms with E-state index in [1.54, 1.807) is 20.8 Å². The van der Waals surface area contributed by atoms with Crippen LogP contribution >= 0.6 is 0 Å². The van der Waals surface area contributed by atoms with Crippen LogP contribution in [0.1, 0.15) is 98.3 Å². The summed E-state index contributed by atoms with van der Waals surface area (Å²) in [4.78, 5) is 34.0. The lowest BCUT2D eigenvalue weighted by molar-refractivity contribution is -0.881. The van der Waals surface area contributed by atoms with Crippen LogP contribution in [0.4, 0.5) is 0 Å². The Balaban J connectivity index is 5.29. The molecule has 0 fully saturated rings. The molecule has 3 unspecified atom stereocenters. The van der Waals surface area contributed by atoms with E-state index in [4.69, 9.17) is 0 Å². The fraction of sp³-hybridized carbons (Fsp3) is 0.808. The van der Waals surface area contributed by atoms with E-state index in [9.17, 15) is 29.7 Å². The first-order valence-electron chi connectivity index (χ1n) is 12.7. The van der Waals surface area contributed by atoms with Gasteiger partial charge in [0, 0.05) is 31.1 Å². The number of carboxylic acids is 3. The third kappa shape index (κ3) is 14.8. The van der Waals surface area contributed by atoms with Crippen molar-refractivity contribution in [3.05, 3.63) is 12.3 Å². The lowest BCUT2D eigenvalue weighted by Crippen LogP contribution is -2.48. The molecule has 3 atom stereocenters. The molecule has 0 radical (unpaired) electrons. The van der Waals surface area contributed by atoms with E-state index in [1.807, 2.05) is 0 Å². The topological polar surface area (TPSA) is 115 Å². The van der Waals surface area contributed by atoms with Gasteiger partial charge >= 0.3 is 11.9 Å². The molecule has 192 valence electrons. The molecule has 0 heterocycles. The Hall–Kier alpha value is -1.89. The van der Waals surface area contributed by atoms with Crippen molar-refractivity contribution in [3.8, 4) is 0 Å². The highest BCUT2D eigenvalue weighted by Crippen LogP contribution is 2.21. The predicted octanol–water partition coefficient (Wildman–Crippen LogP) is 4.46. The third-order valence-electron chi connectivity index (χ3n) is 6.66. The molecule has 0 aliphatic rings. The summed E-state index contributed by atoms with van der Waals surface area (Å²) in [5, 5.41) is 29.9. The second-order valence-electron chi connectivity index (χ2n) is 9.75. The molecule has 7 heteroatoms. The minimum absolute atomic E-state index is 0.396. The van der Waals surface area contributed by atoms with Crippen molar-refractivity contribution in [2.45, 2.75) is 98.3 Å². The van der Waals surface area contributed by atoms with Crippen molar-refractivity contribution < 1.29 is 34.2 Å². The van der Waals surface area contributed by atoms with Gasteiger partial charge in [-0.05, 0) is 18.9 Å². The summed E-state index contributed by atoms with van der Waals surface area (Å²) < 4.78 is 0.406. The Bertz CT molecular complexity index is 544. The van der Waals surface area contributed by atoms with Crippen LogP contribution in [-0.2, 0) is 14.4 Å². The van der Waals surface area contributed by atoms with Gasteiger partial charge in [0.05, 0.1) is 37.7 Å². The number of carbonyl (C=O) groups excluding carboxylic acids is 1. The Morgan fingerprint density at radius 1 is 0.758 bits per heavy atom. The molecule has 0 aromatic carbocycles. The molecule has 7 nitrogen and oxygen atoms in total. The second kappa shape index (κ2) is 17.6. The number of aliphatic carboxylic acids is 3. The number of carbonyl (C=O) groups is 3. The predicted molar refractivity (Wildman–Crippen MR) is 128 cm³/mol. The van der Waals surface area contributed by atoms with E-state index in [-0.39, 0.29) is 0 Å². The van der Waals surface area contributed by atoms with E-state index in [1.165, 1.54) is 38.5 Å². The molecule has 0 aliphatic carbocycles. The number of unbranched alkanes of at least 4 members (excludes halogenated alkanes) is 7. The molecule has 2 N–H and O–H groups in total. The summed E-state index contributed by atoms with van der Waals surface area (Å²) in [6, 6.07) is 0. The van der Waals surface area contributed by atoms with Crippen molar-refractivity contribution in [1.82, 2.24) is 0 Å². The first kappa shape index (κ1) is 31.1. The zero-order valence-corrected chi connectivity index (χ0v) is 21.3. The van der Waals surface area contributed by atoms with E-state index in [0.717, 1.165) is 12.8 Å². The standard InChI is InChI=1S/C26H47NO6/c1-5-6-7-8-9-10-11-12-13-17-27(18-14-21(2)24(28)29,19-15-22(3)25(30)31)20-16-23(4)26(32)33/h13,17,21-23H,5-12,14-16,18-20H2,1-4H3,(H2-,28,29,30,31,32,33)/b17-13+. The molecule has 0 aliphatic heterocycles. The summed E-state index contributed by atoms with van der Waals surface area (Å²) in [7, 11) is 0. The van der Waals surface area contributed by atoms with Crippen molar-refractivity contribution in [3.63, 3.8) is 0 Å². The molecule has 0 rings (SSSR count). The monoisotopic (exact) mass is 469 g/mol. The van der Waals surface area contributed by atoms with Crippen molar-refractivity contribution in [2.24, 2.45) is 17.8 Å². The van der Waals surface area contributed by atoms with Crippen molar-refractivity contribution in [2.75, 3.05) is 19.6 Å². The first-order chi connectivity index (χ1) is 15.5. The number of hydrogen-bond donors (Lipinski definition) is 2. The van der Waals surface area contributed by atoms with Gasteiger partial charge in [0.1, 0.15) is 0 Å². The molecular formula is C26H47NO6. The van der Waals surface area contributed by atoms with E-state index in [0.29, 0.717) is 43.4 Å². The average molecular weight is 470 g/mol. The van der Waals surface area contributed by atoms with Crippen molar-refractivity contribution >= 4 is 17.9 Å². The lowest BCUT2D eigenvalue weighted by Gasteiger charge is -2.37. The van der Waals surface area contributed by atoms with Crippen molar-refractivity contribution in [1.29, 1.82) is 0 Å². The smallest absolute Gasteiger partial charge is 0.306 e. The van der Waals surface area contributed by atoms with Crippen LogP contribution in [0.25, 0.3) is 0 Å². The number of allylic oxidation sites excluding steroid dienone is 1.